The summed E-state index contributed by atoms with van der Waals surface area (Å²) >= 11 is 0. The maximum atomic E-state index is 13.4. The Labute approximate surface area is 130 Å². The van der Waals surface area contributed by atoms with Crippen LogP contribution in [0.5, 0.6) is 0 Å². The van der Waals surface area contributed by atoms with Crippen LogP contribution in [0.25, 0.3) is 0 Å². The van der Waals surface area contributed by atoms with E-state index in [0.29, 0.717) is 17.9 Å². The number of hydrogen-bond donors (Lipinski definition) is 0. The summed E-state index contributed by atoms with van der Waals surface area (Å²) in [6.45, 7) is 0. The van der Waals surface area contributed by atoms with Crippen molar-refractivity contribution in [1.29, 1.82) is 0 Å². The van der Waals surface area contributed by atoms with Crippen molar-refractivity contribution in [2.24, 2.45) is 29.6 Å². The summed E-state index contributed by atoms with van der Waals surface area (Å²) in [5.74, 6) is 3.87. The Morgan fingerprint density at radius 1 is 1.09 bits per heavy atom. The molecule has 0 aromatic heterocycles. The summed E-state index contributed by atoms with van der Waals surface area (Å²) in [6, 6.07) is 3.85. The van der Waals surface area contributed by atoms with Gasteiger partial charge >= 0.3 is 0 Å². The molecule has 0 N–H and O–H groups in total. The number of halogens is 1. The highest BCUT2D eigenvalue weighted by Gasteiger charge is 2.47. The summed E-state index contributed by atoms with van der Waals surface area (Å²) < 4.78 is 13.4. The van der Waals surface area contributed by atoms with Crippen molar-refractivity contribution in [3.63, 3.8) is 0 Å². The van der Waals surface area contributed by atoms with E-state index in [1.807, 2.05) is 0 Å². The minimum absolute atomic E-state index is 0.0743. The van der Waals surface area contributed by atoms with Crippen LogP contribution in [0, 0.1) is 45.5 Å². The smallest absolute Gasteiger partial charge is 0.258 e. The number of aryl methyl sites for hydroxylation is 1. The van der Waals surface area contributed by atoms with Crippen LogP contribution in [-0.2, 0) is 6.42 Å². The molecule has 0 spiro atoms. The molecule has 0 radical (unpaired) electrons. The second-order valence-corrected chi connectivity index (χ2v) is 7.66. The highest BCUT2D eigenvalue weighted by Crippen LogP contribution is 2.57. The molecule has 4 fully saturated rings. The number of nitro groups is 1. The summed E-state index contributed by atoms with van der Waals surface area (Å²) in [6.07, 6.45) is 8.52. The molecule has 1 aromatic rings. The summed E-state index contributed by atoms with van der Waals surface area (Å²) in [5, 5.41) is 11.1. The van der Waals surface area contributed by atoms with Gasteiger partial charge in [-0.05, 0) is 86.7 Å². The van der Waals surface area contributed by atoms with Crippen LogP contribution in [-0.4, -0.2) is 4.92 Å². The van der Waals surface area contributed by atoms with Crippen molar-refractivity contribution >= 4 is 5.69 Å². The zero-order chi connectivity index (χ0) is 15.3. The Bertz CT molecular complexity index is 573. The van der Waals surface area contributed by atoms with E-state index in [-0.39, 0.29) is 16.4 Å². The minimum atomic E-state index is -0.383. The first-order valence-electron chi connectivity index (χ1n) is 8.53. The Balaban J connectivity index is 1.49. The van der Waals surface area contributed by atoms with Gasteiger partial charge in [-0.3, -0.25) is 10.1 Å². The molecular weight excluding hydrogens is 281 g/mol. The highest BCUT2D eigenvalue weighted by atomic mass is 19.1. The zero-order valence-corrected chi connectivity index (χ0v) is 12.7. The lowest BCUT2D eigenvalue weighted by Crippen LogP contribution is -2.45. The predicted molar refractivity (Wildman–Crippen MR) is 81.9 cm³/mol. The van der Waals surface area contributed by atoms with Crippen molar-refractivity contribution in [3.8, 4) is 0 Å². The molecule has 1 aromatic carbocycles. The van der Waals surface area contributed by atoms with E-state index >= 15 is 0 Å². The second-order valence-electron chi connectivity index (χ2n) is 7.66. The number of rotatable bonds is 4. The molecule has 4 bridgehead atoms. The maximum absolute atomic E-state index is 13.4. The molecule has 5 rings (SSSR count). The molecule has 0 atom stereocenters. The first-order chi connectivity index (χ1) is 10.6. The molecule has 4 aliphatic carbocycles. The number of hydrogen-bond acceptors (Lipinski definition) is 2. The van der Waals surface area contributed by atoms with E-state index in [1.165, 1.54) is 50.3 Å². The fraction of sp³-hybridized carbons (Fsp3) is 0.667. The van der Waals surface area contributed by atoms with Gasteiger partial charge in [-0.25, -0.2) is 4.39 Å². The van der Waals surface area contributed by atoms with Gasteiger partial charge in [0.05, 0.1) is 4.92 Å². The van der Waals surface area contributed by atoms with Gasteiger partial charge in [-0.1, -0.05) is 0 Å². The van der Waals surface area contributed by atoms with E-state index < -0.39 is 0 Å². The average molecular weight is 303 g/mol. The fourth-order valence-electron chi connectivity index (χ4n) is 5.76. The Hall–Kier alpha value is -1.45. The van der Waals surface area contributed by atoms with E-state index in [2.05, 4.69) is 0 Å². The number of benzene rings is 1. The molecule has 0 heterocycles. The summed E-state index contributed by atoms with van der Waals surface area (Å²) in [7, 11) is 0. The quantitative estimate of drug-likeness (QED) is 0.595. The molecule has 0 amide bonds. The van der Waals surface area contributed by atoms with Crippen molar-refractivity contribution in [1.82, 2.24) is 0 Å². The number of nitrogens with zero attached hydrogens (tertiary/aromatic N) is 1. The third-order valence-corrected chi connectivity index (χ3v) is 6.41. The first-order valence-corrected chi connectivity index (χ1v) is 8.53. The van der Waals surface area contributed by atoms with Crippen LogP contribution >= 0.6 is 0 Å². The van der Waals surface area contributed by atoms with Crippen molar-refractivity contribution in [3.05, 3.63) is 39.7 Å². The molecular formula is C18H22FNO2. The van der Waals surface area contributed by atoms with Crippen LogP contribution in [0.3, 0.4) is 0 Å². The topological polar surface area (TPSA) is 43.1 Å². The fourth-order valence-corrected chi connectivity index (χ4v) is 5.76. The van der Waals surface area contributed by atoms with Gasteiger partial charge < -0.3 is 0 Å². The monoisotopic (exact) mass is 303 g/mol. The Morgan fingerprint density at radius 3 is 2.32 bits per heavy atom. The van der Waals surface area contributed by atoms with Gasteiger partial charge in [0, 0.05) is 11.6 Å². The van der Waals surface area contributed by atoms with Crippen molar-refractivity contribution < 1.29 is 9.31 Å². The standard InChI is InChI=1S/C18H22FNO2/c19-16-2-4-18(20(21)22)13(10-16)1-3-17-14-6-11-5-12(8-14)9-15(17)7-11/h2,4,10-12,14-15,17H,1,3,5-9H2. The predicted octanol–water partition coefficient (Wildman–Crippen LogP) is 4.74. The minimum Gasteiger partial charge on any atom is -0.258 e. The third kappa shape index (κ3) is 2.42. The third-order valence-electron chi connectivity index (χ3n) is 6.41. The summed E-state index contributed by atoms with van der Waals surface area (Å²) in [4.78, 5) is 10.7. The van der Waals surface area contributed by atoms with Gasteiger partial charge in [0.1, 0.15) is 5.82 Å². The molecule has 4 heteroatoms. The molecule has 4 aliphatic rings. The Kier molecular flexibility index (Phi) is 3.43. The van der Waals surface area contributed by atoms with E-state index in [0.717, 1.165) is 30.1 Å². The van der Waals surface area contributed by atoms with Crippen LogP contribution in [0.4, 0.5) is 10.1 Å². The second kappa shape index (κ2) is 5.32. The molecule has 118 valence electrons. The van der Waals surface area contributed by atoms with Crippen LogP contribution in [0.15, 0.2) is 18.2 Å². The lowest BCUT2D eigenvalue weighted by Gasteiger charge is -2.54. The van der Waals surface area contributed by atoms with Crippen LogP contribution in [0.2, 0.25) is 0 Å². The van der Waals surface area contributed by atoms with E-state index in [4.69, 9.17) is 0 Å². The molecule has 0 unspecified atom stereocenters. The lowest BCUT2D eigenvalue weighted by molar-refractivity contribution is -0.385. The zero-order valence-electron chi connectivity index (χ0n) is 12.7. The molecule has 4 saturated carbocycles. The Morgan fingerprint density at radius 2 is 1.73 bits per heavy atom. The molecule has 3 nitrogen and oxygen atoms in total. The normalized spacial score (nSPS) is 35.8. The largest absolute Gasteiger partial charge is 0.272 e. The van der Waals surface area contributed by atoms with Gasteiger partial charge in [-0.15, -0.1) is 0 Å². The average Bonchev–Trinajstić information content (AvgIpc) is 2.45. The van der Waals surface area contributed by atoms with Gasteiger partial charge in [0.15, 0.2) is 0 Å². The van der Waals surface area contributed by atoms with Gasteiger partial charge in [0.25, 0.3) is 5.69 Å². The van der Waals surface area contributed by atoms with Crippen molar-refractivity contribution in [2.75, 3.05) is 0 Å². The SMILES string of the molecule is O=[N+]([O-])c1ccc(F)cc1CCC1C2CC3CC(C2)CC1C3. The lowest BCUT2D eigenvalue weighted by atomic mass is 9.51. The molecule has 0 saturated heterocycles. The first kappa shape index (κ1) is 14.2. The van der Waals surface area contributed by atoms with Gasteiger partial charge in [0.2, 0.25) is 0 Å². The maximum Gasteiger partial charge on any atom is 0.272 e. The van der Waals surface area contributed by atoms with E-state index in [9.17, 15) is 14.5 Å². The number of nitro benzene ring substituents is 1. The van der Waals surface area contributed by atoms with Crippen LogP contribution in [0.1, 0.15) is 44.1 Å². The molecule has 0 aliphatic heterocycles. The summed E-state index contributed by atoms with van der Waals surface area (Å²) in [5.41, 5.74) is 0.643. The van der Waals surface area contributed by atoms with Crippen LogP contribution < -0.4 is 0 Å². The highest BCUT2D eigenvalue weighted by molar-refractivity contribution is 5.40. The van der Waals surface area contributed by atoms with Gasteiger partial charge in [-0.2, -0.15) is 0 Å². The van der Waals surface area contributed by atoms with Crippen molar-refractivity contribution in [2.45, 2.75) is 44.9 Å². The molecule has 22 heavy (non-hydrogen) atoms. The van der Waals surface area contributed by atoms with E-state index in [1.54, 1.807) is 0 Å².